The summed E-state index contributed by atoms with van der Waals surface area (Å²) in [4.78, 5) is 0. The average Bonchev–Trinajstić information content (AvgIpc) is 2.39. The van der Waals surface area contributed by atoms with Crippen molar-refractivity contribution in [1.29, 1.82) is 0 Å². The maximum atomic E-state index is 11.7. The number of aryl methyl sites for hydroxylation is 1. The summed E-state index contributed by atoms with van der Waals surface area (Å²) < 4.78 is 17.0. The Kier molecular flexibility index (Phi) is 4.22. The van der Waals surface area contributed by atoms with Crippen LogP contribution in [0.25, 0.3) is 0 Å². The number of hydrogen-bond acceptors (Lipinski definition) is 3. The lowest BCUT2D eigenvalue weighted by Gasteiger charge is -2.23. The molecule has 15 heavy (non-hydrogen) atoms. The predicted molar refractivity (Wildman–Crippen MR) is 65.6 cm³/mol. The summed E-state index contributed by atoms with van der Waals surface area (Å²) in [6, 6.07) is 1.91. The van der Waals surface area contributed by atoms with Crippen molar-refractivity contribution < 1.29 is 4.55 Å². The van der Waals surface area contributed by atoms with Crippen molar-refractivity contribution in [3.05, 3.63) is 16.4 Å². The number of halogens is 1. The first-order chi connectivity index (χ1) is 6.80. The average molecular weight is 294 g/mol. The highest BCUT2D eigenvalue weighted by atomic mass is 79.9. The van der Waals surface area contributed by atoms with E-state index in [1.54, 1.807) is 4.68 Å². The summed E-state index contributed by atoms with van der Waals surface area (Å²) in [5.41, 5.74) is 1.000. The molecule has 1 heterocycles. The minimum atomic E-state index is -1.04. The zero-order valence-electron chi connectivity index (χ0n) is 9.37. The van der Waals surface area contributed by atoms with Gasteiger partial charge in [-0.3, -0.25) is 4.68 Å². The van der Waals surface area contributed by atoms with Crippen LogP contribution in [0, 0.1) is 0 Å². The van der Waals surface area contributed by atoms with Crippen LogP contribution in [0.5, 0.6) is 0 Å². The van der Waals surface area contributed by atoms with Crippen molar-refractivity contribution in [3.8, 4) is 0 Å². The summed E-state index contributed by atoms with van der Waals surface area (Å²) in [5, 5.41) is 4.15. The van der Waals surface area contributed by atoms with Gasteiger partial charge in [0.25, 0.3) is 0 Å². The monoisotopic (exact) mass is 293 g/mol. The molecule has 1 aromatic rings. The van der Waals surface area contributed by atoms with Crippen molar-refractivity contribution >= 4 is 27.3 Å². The third-order valence-corrected chi connectivity index (χ3v) is 3.79. The van der Waals surface area contributed by atoms with Gasteiger partial charge in [-0.25, -0.2) is 0 Å². The lowest BCUT2D eigenvalue weighted by molar-refractivity contribution is 0.541. The fourth-order valence-electron chi connectivity index (χ4n) is 0.989. The van der Waals surface area contributed by atoms with E-state index in [1.165, 1.54) is 0 Å². The van der Waals surface area contributed by atoms with Crippen LogP contribution in [0.3, 0.4) is 0 Å². The van der Waals surface area contributed by atoms with Crippen LogP contribution < -0.4 is 4.72 Å². The van der Waals surface area contributed by atoms with Gasteiger partial charge in [-0.1, -0.05) is 0 Å². The minimum absolute atomic E-state index is 0.240. The Morgan fingerprint density at radius 2 is 2.20 bits per heavy atom. The molecule has 1 rings (SSSR count). The number of hydrogen-bond donors (Lipinski definition) is 1. The van der Waals surface area contributed by atoms with E-state index < -0.39 is 11.4 Å². The number of nitrogens with one attached hydrogen (secondary N) is 1. The molecule has 0 spiro atoms. The van der Waals surface area contributed by atoms with E-state index in [4.69, 9.17) is 0 Å². The van der Waals surface area contributed by atoms with Crippen molar-refractivity contribution in [1.82, 2.24) is 14.5 Å². The summed E-state index contributed by atoms with van der Waals surface area (Å²) >= 11 is 2.25. The molecule has 0 aromatic carbocycles. The first-order valence-corrected chi connectivity index (χ1v) is 6.59. The molecule has 1 N–H and O–H groups in total. The van der Waals surface area contributed by atoms with E-state index in [-0.39, 0.29) is 4.75 Å². The molecule has 0 saturated carbocycles. The smallest absolute Gasteiger partial charge is 0.136 e. The Hall–Kier alpha value is -0.0400. The Bertz CT molecular complexity index is 335. The van der Waals surface area contributed by atoms with E-state index in [0.717, 1.165) is 10.3 Å². The number of aromatic nitrogens is 2. The molecule has 1 aromatic heterocycles. The first-order valence-electron chi connectivity index (χ1n) is 4.64. The molecule has 1 atom stereocenters. The highest BCUT2D eigenvalue weighted by molar-refractivity contribution is 9.10. The van der Waals surface area contributed by atoms with E-state index in [9.17, 15) is 4.55 Å². The van der Waals surface area contributed by atoms with Gasteiger partial charge < -0.3 is 4.55 Å². The van der Waals surface area contributed by atoms with Gasteiger partial charge in [-0.05, 0) is 42.8 Å². The molecule has 0 fully saturated rings. The summed E-state index contributed by atoms with van der Waals surface area (Å²) in [7, 11) is 1.86. The van der Waals surface area contributed by atoms with Crippen LogP contribution in [0.15, 0.2) is 10.7 Å². The summed E-state index contributed by atoms with van der Waals surface area (Å²) in [6.07, 6.45) is 0. The molecular formula is C9H16BrN3OS. The quantitative estimate of drug-likeness (QED) is 0.864. The zero-order chi connectivity index (χ0) is 11.6. The van der Waals surface area contributed by atoms with Crippen molar-refractivity contribution in [2.24, 2.45) is 7.05 Å². The van der Waals surface area contributed by atoms with E-state index >= 15 is 0 Å². The van der Waals surface area contributed by atoms with E-state index in [2.05, 4.69) is 25.8 Å². The molecule has 1 unspecified atom stereocenters. The predicted octanol–water partition coefficient (Wildman–Crippen LogP) is 1.73. The Labute approximate surface area is 102 Å². The molecular weight excluding hydrogens is 278 g/mol. The zero-order valence-corrected chi connectivity index (χ0v) is 11.8. The highest BCUT2D eigenvalue weighted by Gasteiger charge is 2.26. The lowest BCUT2D eigenvalue weighted by atomic mass is 10.3. The van der Waals surface area contributed by atoms with Crippen LogP contribution in [-0.2, 0) is 25.0 Å². The largest absolute Gasteiger partial charge is 0.598 e. The molecule has 0 aliphatic carbocycles. The topological polar surface area (TPSA) is 52.9 Å². The second kappa shape index (κ2) is 4.86. The standard InChI is InChI=1S/C9H16BrN3OS/c1-9(2,3)15(14)11-6-7-5-8(10)12-13(7)4/h5,11H,6H2,1-4H3. The third-order valence-electron chi connectivity index (χ3n) is 1.89. The maximum absolute atomic E-state index is 11.7. The third kappa shape index (κ3) is 3.79. The van der Waals surface area contributed by atoms with Crippen LogP contribution in [0.2, 0.25) is 0 Å². The first kappa shape index (κ1) is 13.0. The Morgan fingerprint density at radius 1 is 1.60 bits per heavy atom. The van der Waals surface area contributed by atoms with Crippen LogP contribution >= 0.6 is 15.9 Å². The van der Waals surface area contributed by atoms with Gasteiger partial charge in [-0.2, -0.15) is 5.10 Å². The molecule has 0 radical (unpaired) electrons. The van der Waals surface area contributed by atoms with Gasteiger partial charge >= 0.3 is 0 Å². The van der Waals surface area contributed by atoms with Gasteiger partial charge in [0.1, 0.15) is 9.35 Å². The summed E-state index contributed by atoms with van der Waals surface area (Å²) in [6.45, 7) is 6.37. The number of rotatable bonds is 3. The summed E-state index contributed by atoms with van der Waals surface area (Å²) in [5.74, 6) is 0. The Balaban J connectivity index is 2.54. The van der Waals surface area contributed by atoms with Gasteiger partial charge in [0, 0.05) is 18.4 Å². The molecule has 6 heteroatoms. The molecule has 0 amide bonds. The Morgan fingerprint density at radius 3 is 2.60 bits per heavy atom. The molecule has 4 nitrogen and oxygen atoms in total. The van der Waals surface area contributed by atoms with Gasteiger partial charge in [0.05, 0.1) is 12.2 Å². The molecule has 0 aliphatic rings. The van der Waals surface area contributed by atoms with Crippen LogP contribution in [-0.4, -0.2) is 19.1 Å². The van der Waals surface area contributed by atoms with E-state index in [0.29, 0.717) is 6.54 Å². The second-order valence-corrected chi connectivity index (χ2v) is 7.15. The second-order valence-electron chi connectivity index (χ2n) is 4.28. The molecule has 86 valence electrons. The van der Waals surface area contributed by atoms with Gasteiger partial charge in [-0.15, -0.1) is 4.72 Å². The fourth-order valence-corrected chi connectivity index (χ4v) is 2.20. The van der Waals surface area contributed by atoms with Gasteiger partial charge in [0.2, 0.25) is 0 Å². The molecule has 0 bridgehead atoms. The van der Waals surface area contributed by atoms with Crippen molar-refractivity contribution in [2.45, 2.75) is 32.1 Å². The highest BCUT2D eigenvalue weighted by Crippen LogP contribution is 2.14. The fraction of sp³-hybridized carbons (Fsp3) is 0.667. The molecule has 0 saturated heterocycles. The molecule has 0 aliphatic heterocycles. The number of nitrogens with zero attached hydrogens (tertiary/aromatic N) is 2. The maximum Gasteiger partial charge on any atom is 0.136 e. The van der Waals surface area contributed by atoms with Crippen molar-refractivity contribution in [2.75, 3.05) is 0 Å². The SMILES string of the molecule is Cn1nc(Br)cc1CN[S+]([O-])C(C)(C)C. The lowest BCUT2D eigenvalue weighted by Crippen LogP contribution is -2.39. The van der Waals surface area contributed by atoms with Crippen molar-refractivity contribution in [3.63, 3.8) is 0 Å². The normalized spacial score (nSPS) is 14.3. The van der Waals surface area contributed by atoms with Gasteiger partial charge in [0.15, 0.2) is 0 Å². The van der Waals surface area contributed by atoms with Crippen LogP contribution in [0.4, 0.5) is 0 Å². The minimum Gasteiger partial charge on any atom is -0.598 e. The van der Waals surface area contributed by atoms with E-state index in [1.807, 2.05) is 33.9 Å². The van der Waals surface area contributed by atoms with Crippen LogP contribution in [0.1, 0.15) is 26.5 Å².